The van der Waals surface area contributed by atoms with Crippen LogP contribution in [0.4, 0.5) is 4.39 Å². The molecule has 0 atom stereocenters. The first-order valence-electron chi connectivity index (χ1n) is 8.52. The van der Waals surface area contributed by atoms with Crippen LogP contribution in [0.2, 0.25) is 0 Å². The van der Waals surface area contributed by atoms with E-state index in [-0.39, 0.29) is 16.6 Å². The molecule has 0 fully saturated rings. The molecule has 0 N–H and O–H groups in total. The number of rotatable bonds is 5. The number of aromatic nitrogens is 1. The zero-order valence-electron chi connectivity index (χ0n) is 15.6. The fraction of sp³-hybridized carbons (Fsp3) is 0.476. The summed E-state index contributed by atoms with van der Waals surface area (Å²) in [6.07, 6.45) is 2.80. The van der Waals surface area contributed by atoms with E-state index in [1.165, 1.54) is 11.6 Å². The maximum atomic E-state index is 14.1. The Labute approximate surface area is 145 Å². The van der Waals surface area contributed by atoms with E-state index in [9.17, 15) is 4.39 Å². The molecule has 1 aromatic heterocycles. The summed E-state index contributed by atoms with van der Waals surface area (Å²) >= 11 is 0. The molecule has 130 valence electrons. The number of ether oxygens (including phenoxy) is 1. The van der Waals surface area contributed by atoms with Gasteiger partial charge in [-0.2, -0.15) is 0 Å². The molecule has 3 heteroatoms. The quantitative estimate of drug-likeness (QED) is 0.729. The van der Waals surface area contributed by atoms with Crippen molar-refractivity contribution in [3.05, 3.63) is 59.2 Å². The first kappa shape index (κ1) is 18.4. The van der Waals surface area contributed by atoms with E-state index in [0.29, 0.717) is 12.4 Å². The predicted molar refractivity (Wildman–Crippen MR) is 97.2 cm³/mol. The molecule has 0 spiro atoms. The van der Waals surface area contributed by atoms with Crippen molar-refractivity contribution in [3.63, 3.8) is 0 Å². The Morgan fingerprint density at radius 2 is 1.75 bits per heavy atom. The van der Waals surface area contributed by atoms with Crippen LogP contribution in [-0.2, 0) is 17.3 Å². The third-order valence-corrected chi connectivity index (χ3v) is 4.31. The Hall–Kier alpha value is -1.90. The monoisotopic (exact) mass is 329 g/mol. The SMILES string of the molecule is CCc1ccnc(C(C)(C)COc2cc(C(C)(C)C)ccc2F)c1. The van der Waals surface area contributed by atoms with Crippen molar-refractivity contribution in [2.45, 2.75) is 58.8 Å². The van der Waals surface area contributed by atoms with Crippen LogP contribution in [-0.4, -0.2) is 11.6 Å². The van der Waals surface area contributed by atoms with Crippen LogP contribution < -0.4 is 4.74 Å². The number of aryl methyl sites for hydroxylation is 1. The molecular weight excluding hydrogens is 301 g/mol. The molecule has 1 heterocycles. The van der Waals surface area contributed by atoms with Crippen LogP contribution in [0.3, 0.4) is 0 Å². The maximum Gasteiger partial charge on any atom is 0.165 e. The summed E-state index contributed by atoms with van der Waals surface area (Å²) in [5.74, 6) is -0.0174. The molecule has 0 saturated carbocycles. The van der Waals surface area contributed by atoms with Crippen molar-refractivity contribution in [3.8, 4) is 5.75 Å². The molecule has 0 amide bonds. The van der Waals surface area contributed by atoms with Gasteiger partial charge >= 0.3 is 0 Å². The molecule has 2 aromatic rings. The molecule has 0 unspecified atom stereocenters. The van der Waals surface area contributed by atoms with Gasteiger partial charge in [0.15, 0.2) is 11.6 Å². The standard InChI is InChI=1S/C21H28FNO/c1-7-15-10-11-23-19(12-15)21(5,6)14-24-18-13-16(20(2,3)4)8-9-17(18)22/h8-13H,7,14H2,1-6H3. The first-order chi connectivity index (χ1) is 11.1. The van der Waals surface area contributed by atoms with Gasteiger partial charge in [-0.3, -0.25) is 4.98 Å². The van der Waals surface area contributed by atoms with Gasteiger partial charge in [0.05, 0.1) is 6.61 Å². The highest BCUT2D eigenvalue weighted by molar-refractivity contribution is 5.34. The highest BCUT2D eigenvalue weighted by Crippen LogP contribution is 2.30. The largest absolute Gasteiger partial charge is 0.490 e. The van der Waals surface area contributed by atoms with E-state index in [0.717, 1.165) is 17.7 Å². The second-order valence-corrected chi connectivity index (χ2v) is 7.97. The minimum atomic E-state index is -0.325. The van der Waals surface area contributed by atoms with Gasteiger partial charge in [-0.15, -0.1) is 0 Å². The van der Waals surface area contributed by atoms with Crippen LogP contribution >= 0.6 is 0 Å². The fourth-order valence-corrected chi connectivity index (χ4v) is 2.48. The summed E-state index contributed by atoms with van der Waals surface area (Å²) in [4.78, 5) is 4.48. The molecule has 0 saturated heterocycles. The first-order valence-corrected chi connectivity index (χ1v) is 8.52. The summed E-state index contributed by atoms with van der Waals surface area (Å²) in [6.45, 7) is 12.9. The van der Waals surface area contributed by atoms with Gasteiger partial charge in [0.1, 0.15) is 0 Å². The Bertz CT molecular complexity index is 701. The highest BCUT2D eigenvalue weighted by atomic mass is 19.1. The van der Waals surface area contributed by atoms with E-state index in [1.54, 1.807) is 6.07 Å². The lowest BCUT2D eigenvalue weighted by molar-refractivity contribution is 0.227. The van der Waals surface area contributed by atoms with Crippen LogP contribution in [0.5, 0.6) is 5.75 Å². The lowest BCUT2D eigenvalue weighted by atomic mass is 9.87. The average molecular weight is 329 g/mol. The third kappa shape index (κ3) is 4.34. The van der Waals surface area contributed by atoms with Gasteiger partial charge in [0, 0.05) is 17.3 Å². The number of pyridine rings is 1. The smallest absolute Gasteiger partial charge is 0.165 e. The van der Waals surface area contributed by atoms with Gasteiger partial charge in [0.25, 0.3) is 0 Å². The van der Waals surface area contributed by atoms with Crippen LogP contribution in [0.1, 0.15) is 58.4 Å². The van der Waals surface area contributed by atoms with Gasteiger partial charge in [0.2, 0.25) is 0 Å². The number of hydrogen-bond acceptors (Lipinski definition) is 2. The minimum absolute atomic E-state index is 0.0433. The van der Waals surface area contributed by atoms with E-state index < -0.39 is 0 Å². The number of nitrogens with zero attached hydrogens (tertiary/aromatic N) is 1. The molecule has 0 radical (unpaired) electrons. The van der Waals surface area contributed by atoms with E-state index in [4.69, 9.17) is 4.74 Å². The molecular formula is C21H28FNO. The molecule has 0 bridgehead atoms. The van der Waals surface area contributed by atoms with Crippen molar-refractivity contribution < 1.29 is 9.13 Å². The van der Waals surface area contributed by atoms with Crippen LogP contribution in [0.25, 0.3) is 0 Å². The lowest BCUT2D eigenvalue weighted by Crippen LogP contribution is -2.28. The summed E-state index contributed by atoms with van der Waals surface area (Å²) in [5, 5.41) is 0. The second-order valence-electron chi connectivity index (χ2n) is 7.97. The molecule has 1 aromatic carbocycles. The average Bonchev–Trinajstić information content (AvgIpc) is 2.53. The summed E-state index contributed by atoms with van der Waals surface area (Å²) in [7, 11) is 0. The zero-order chi connectivity index (χ0) is 18.0. The van der Waals surface area contributed by atoms with E-state index in [2.05, 4.69) is 52.6 Å². The van der Waals surface area contributed by atoms with E-state index in [1.807, 2.05) is 18.3 Å². The Balaban J connectivity index is 2.20. The van der Waals surface area contributed by atoms with Crippen molar-refractivity contribution in [2.75, 3.05) is 6.61 Å². The topological polar surface area (TPSA) is 22.1 Å². The number of halogens is 1. The highest BCUT2D eigenvalue weighted by Gasteiger charge is 2.25. The summed E-state index contributed by atoms with van der Waals surface area (Å²) in [5.41, 5.74) is 2.93. The predicted octanol–water partition coefficient (Wildman–Crippen LogP) is 5.44. The summed E-state index contributed by atoms with van der Waals surface area (Å²) in [6, 6.07) is 9.23. The van der Waals surface area contributed by atoms with Gasteiger partial charge in [-0.25, -0.2) is 4.39 Å². The third-order valence-electron chi connectivity index (χ3n) is 4.31. The normalized spacial score (nSPS) is 12.3. The molecule has 2 rings (SSSR count). The Morgan fingerprint density at radius 3 is 2.38 bits per heavy atom. The fourth-order valence-electron chi connectivity index (χ4n) is 2.48. The van der Waals surface area contributed by atoms with Gasteiger partial charge in [-0.1, -0.05) is 47.6 Å². The van der Waals surface area contributed by atoms with Crippen LogP contribution in [0.15, 0.2) is 36.5 Å². The summed E-state index contributed by atoms with van der Waals surface area (Å²) < 4.78 is 20.0. The van der Waals surface area contributed by atoms with Crippen molar-refractivity contribution in [1.29, 1.82) is 0 Å². The maximum absolute atomic E-state index is 14.1. The van der Waals surface area contributed by atoms with Crippen molar-refractivity contribution >= 4 is 0 Å². The van der Waals surface area contributed by atoms with E-state index >= 15 is 0 Å². The van der Waals surface area contributed by atoms with Gasteiger partial charge in [-0.05, 0) is 47.2 Å². The molecule has 0 aliphatic heterocycles. The Kier molecular flexibility index (Phi) is 5.32. The second kappa shape index (κ2) is 6.92. The molecule has 24 heavy (non-hydrogen) atoms. The number of benzene rings is 1. The molecule has 0 aliphatic rings. The zero-order valence-corrected chi connectivity index (χ0v) is 15.6. The van der Waals surface area contributed by atoms with Crippen LogP contribution in [0, 0.1) is 5.82 Å². The molecule has 2 nitrogen and oxygen atoms in total. The minimum Gasteiger partial charge on any atom is -0.490 e. The molecule has 0 aliphatic carbocycles. The Morgan fingerprint density at radius 1 is 1.04 bits per heavy atom. The van der Waals surface area contributed by atoms with Crippen molar-refractivity contribution in [2.24, 2.45) is 0 Å². The number of hydrogen-bond donors (Lipinski definition) is 0. The van der Waals surface area contributed by atoms with Crippen molar-refractivity contribution in [1.82, 2.24) is 4.98 Å². The van der Waals surface area contributed by atoms with Gasteiger partial charge < -0.3 is 4.74 Å². The lowest BCUT2D eigenvalue weighted by Gasteiger charge is -2.26.